The predicted molar refractivity (Wildman–Crippen MR) is 128 cm³/mol. The number of carbonyl (C=O) groups is 1. The van der Waals surface area contributed by atoms with Gasteiger partial charge in [-0.3, -0.25) is 24.5 Å². The average molecular weight is 477 g/mol. The number of carbonyl (C=O) groups excluding carboxylic acids is 1. The first-order chi connectivity index (χ1) is 16.5. The van der Waals surface area contributed by atoms with Gasteiger partial charge in [0, 0.05) is 30.1 Å². The van der Waals surface area contributed by atoms with Crippen LogP contribution in [0.15, 0.2) is 78.2 Å². The highest BCUT2D eigenvalue weighted by atomic mass is 32.2. The smallest absolute Gasteiger partial charge is 0.271 e. The van der Waals surface area contributed by atoms with Gasteiger partial charge in [-0.05, 0) is 23.8 Å². The largest absolute Gasteiger partial charge is 0.495 e. The van der Waals surface area contributed by atoms with Crippen molar-refractivity contribution >= 4 is 29.0 Å². The number of nitro groups is 1. The maximum atomic E-state index is 12.7. The summed E-state index contributed by atoms with van der Waals surface area (Å²) in [6, 6.07) is 17.6. The van der Waals surface area contributed by atoms with Gasteiger partial charge in [-0.1, -0.05) is 42.1 Å². The molecule has 0 fully saturated rings. The Morgan fingerprint density at radius 1 is 1.15 bits per heavy atom. The summed E-state index contributed by atoms with van der Waals surface area (Å²) in [5.74, 6) is 0.627. The van der Waals surface area contributed by atoms with Gasteiger partial charge in [0.2, 0.25) is 5.91 Å². The molecule has 0 aliphatic heterocycles. The number of nitrogens with one attached hydrogen (secondary N) is 1. The maximum absolute atomic E-state index is 12.7. The number of aromatic nitrogens is 4. The number of non-ortho nitro benzene ring substituents is 1. The maximum Gasteiger partial charge on any atom is 0.271 e. The third kappa shape index (κ3) is 5.38. The summed E-state index contributed by atoms with van der Waals surface area (Å²) in [5.41, 5.74) is 1.94. The molecule has 0 unspecified atom stereocenters. The average Bonchev–Trinajstić information content (AvgIpc) is 3.26. The van der Waals surface area contributed by atoms with Gasteiger partial charge in [-0.15, -0.1) is 10.2 Å². The number of thioether (sulfide) groups is 1. The number of benzene rings is 2. The molecule has 0 bridgehead atoms. The van der Waals surface area contributed by atoms with Crippen molar-refractivity contribution in [2.75, 3.05) is 18.2 Å². The molecule has 0 spiro atoms. The third-order valence-electron chi connectivity index (χ3n) is 4.82. The number of nitro benzene ring substituents is 1. The lowest BCUT2D eigenvalue weighted by molar-refractivity contribution is -0.384. The Kier molecular flexibility index (Phi) is 7.13. The van der Waals surface area contributed by atoms with E-state index in [9.17, 15) is 14.9 Å². The Labute approximate surface area is 199 Å². The van der Waals surface area contributed by atoms with Crippen LogP contribution in [0.1, 0.15) is 5.56 Å². The molecule has 0 aliphatic carbocycles. The van der Waals surface area contributed by atoms with Gasteiger partial charge in [-0.2, -0.15) is 0 Å². The van der Waals surface area contributed by atoms with E-state index >= 15 is 0 Å². The molecule has 0 saturated carbocycles. The molecule has 0 saturated heterocycles. The highest BCUT2D eigenvalue weighted by Crippen LogP contribution is 2.30. The second-order valence-electron chi connectivity index (χ2n) is 7.10. The van der Waals surface area contributed by atoms with Gasteiger partial charge in [-0.25, -0.2) is 0 Å². The van der Waals surface area contributed by atoms with Crippen LogP contribution in [0.4, 0.5) is 11.4 Å². The molecule has 11 heteroatoms. The van der Waals surface area contributed by atoms with Crippen LogP contribution in [-0.2, 0) is 11.3 Å². The molecule has 4 aromatic rings. The van der Waals surface area contributed by atoms with Gasteiger partial charge in [0.15, 0.2) is 11.0 Å². The van der Waals surface area contributed by atoms with Crippen molar-refractivity contribution in [1.29, 1.82) is 0 Å². The van der Waals surface area contributed by atoms with Crippen molar-refractivity contribution in [2.45, 2.75) is 11.7 Å². The Balaban J connectivity index is 1.54. The zero-order valence-corrected chi connectivity index (χ0v) is 18.9. The first-order valence-corrected chi connectivity index (χ1v) is 11.2. The first-order valence-electron chi connectivity index (χ1n) is 10.2. The predicted octanol–water partition coefficient (Wildman–Crippen LogP) is 4.04. The fraction of sp³-hybridized carbons (Fsp3) is 0.130. The second kappa shape index (κ2) is 10.6. The number of rotatable bonds is 9. The minimum atomic E-state index is -0.532. The molecular formula is C23H20N6O4S. The molecule has 10 nitrogen and oxygen atoms in total. The van der Waals surface area contributed by atoms with Gasteiger partial charge >= 0.3 is 0 Å². The molecule has 0 aliphatic rings. The number of amides is 1. The first kappa shape index (κ1) is 22.9. The van der Waals surface area contributed by atoms with E-state index in [1.54, 1.807) is 12.4 Å². The molecule has 2 heterocycles. The Hall–Kier alpha value is -4.25. The SMILES string of the molecule is COc1ccc([N+](=O)[O-])cc1NC(=O)CSc1nnc(-c2cccnc2)n1Cc1ccccc1. The Bertz CT molecular complexity index is 1300. The quantitative estimate of drug-likeness (QED) is 0.218. The third-order valence-corrected chi connectivity index (χ3v) is 5.79. The van der Waals surface area contributed by atoms with Crippen LogP contribution in [0, 0.1) is 10.1 Å². The molecule has 1 N–H and O–H groups in total. The van der Waals surface area contributed by atoms with Crippen LogP contribution in [0.3, 0.4) is 0 Å². The van der Waals surface area contributed by atoms with Crippen molar-refractivity contribution in [3.8, 4) is 17.1 Å². The van der Waals surface area contributed by atoms with Crippen LogP contribution in [0.2, 0.25) is 0 Å². The highest BCUT2D eigenvalue weighted by molar-refractivity contribution is 7.99. The zero-order valence-electron chi connectivity index (χ0n) is 18.1. The van der Waals surface area contributed by atoms with E-state index < -0.39 is 4.92 Å². The van der Waals surface area contributed by atoms with Crippen molar-refractivity contribution in [2.24, 2.45) is 0 Å². The molecule has 34 heavy (non-hydrogen) atoms. The molecule has 2 aromatic heterocycles. The van der Waals surface area contributed by atoms with E-state index in [4.69, 9.17) is 4.74 Å². The van der Waals surface area contributed by atoms with Gasteiger partial charge in [0.05, 0.1) is 30.0 Å². The fourth-order valence-electron chi connectivity index (χ4n) is 3.24. The molecule has 2 aromatic carbocycles. The van der Waals surface area contributed by atoms with Gasteiger partial charge in [0.1, 0.15) is 5.75 Å². The summed E-state index contributed by atoms with van der Waals surface area (Å²) in [4.78, 5) is 27.4. The number of ether oxygens (including phenoxy) is 1. The standard InChI is InChI=1S/C23H20N6O4S/c1-33-20-10-9-18(29(31)32)12-19(20)25-21(30)15-34-23-27-26-22(17-8-5-11-24-13-17)28(23)14-16-6-3-2-4-7-16/h2-13H,14-15H2,1H3,(H,25,30). The van der Waals surface area contributed by atoms with Crippen LogP contribution >= 0.6 is 11.8 Å². The number of nitrogens with zero attached hydrogens (tertiary/aromatic N) is 5. The number of hydrogen-bond donors (Lipinski definition) is 1. The Morgan fingerprint density at radius 3 is 2.68 bits per heavy atom. The van der Waals surface area contributed by atoms with Crippen molar-refractivity contribution < 1.29 is 14.5 Å². The number of anilines is 1. The van der Waals surface area contributed by atoms with Crippen LogP contribution < -0.4 is 10.1 Å². The molecular weight excluding hydrogens is 456 g/mol. The molecule has 4 rings (SSSR count). The molecule has 0 atom stereocenters. The minimum absolute atomic E-state index is 0.0197. The van der Waals surface area contributed by atoms with Gasteiger partial charge < -0.3 is 10.1 Å². The summed E-state index contributed by atoms with van der Waals surface area (Å²) >= 11 is 1.22. The highest BCUT2D eigenvalue weighted by Gasteiger charge is 2.18. The minimum Gasteiger partial charge on any atom is -0.495 e. The second-order valence-corrected chi connectivity index (χ2v) is 8.04. The monoisotopic (exact) mass is 476 g/mol. The van der Waals surface area contributed by atoms with E-state index in [-0.39, 0.29) is 23.0 Å². The van der Waals surface area contributed by atoms with Crippen LogP contribution in [0.5, 0.6) is 5.75 Å². The van der Waals surface area contributed by atoms with Crippen molar-refractivity contribution in [1.82, 2.24) is 19.7 Å². The van der Waals surface area contributed by atoms with E-state index in [1.165, 1.54) is 37.1 Å². The summed E-state index contributed by atoms with van der Waals surface area (Å²) in [6.07, 6.45) is 3.39. The normalized spacial score (nSPS) is 10.6. The number of methoxy groups -OCH3 is 1. The summed E-state index contributed by atoms with van der Waals surface area (Å²) in [5, 5.41) is 22.9. The lowest BCUT2D eigenvalue weighted by Gasteiger charge is -2.11. The Morgan fingerprint density at radius 2 is 1.97 bits per heavy atom. The lowest BCUT2D eigenvalue weighted by atomic mass is 10.2. The molecule has 0 radical (unpaired) electrons. The fourth-order valence-corrected chi connectivity index (χ4v) is 3.97. The van der Waals surface area contributed by atoms with E-state index in [0.29, 0.717) is 23.3 Å². The van der Waals surface area contributed by atoms with E-state index in [2.05, 4.69) is 20.5 Å². The van der Waals surface area contributed by atoms with E-state index in [1.807, 2.05) is 47.0 Å². The van der Waals surface area contributed by atoms with E-state index in [0.717, 1.165) is 11.1 Å². The van der Waals surface area contributed by atoms with Crippen molar-refractivity contribution in [3.05, 3.63) is 88.7 Å². The molecule has 172 valence electrons. The topological polar surface area (TPSA) is 125 Å². The summed E-state index contributed by atoms with van der Waals surface area (Å²) < 4.78 is 7.13. The van der Waals surface area contributed by atoms with Crippen LogP contribution in [0.25, 0.3) is 11.4 Å². The number of pyridine rings is 1. The zero-order chi connectivity index (χ0) is 23.9. The van der Waals surface area contributed by atoms with Crippen molar-refractivity contribution in [3.63, 3.8) is 0 Å². The molecule has 1 amide bonds. The summed E-state index contributed by atoms with van der Waals surface area (Å²) in [6.45, 7) is 0.515. The number of hydrogen-bond acceptors (Lipinski definition) is 8. The van der Waals surface area contributed by atoms with Gasteiger partial charge in [0.25, 0.3) is 5.69 Å². The summed E-state index contributed by atoms with van der Waals surface area (Å²) in [7, 11) is 1.43. The lowest BCUT2D eigenvalue weighted by Crippen LogP contribution is -2.15. The van der Waals surface area contributed by atoms with Crippen LogP contribution in [-0.4, -0.2) is 43.4 Å².